The Morgan fingerprint density at radius 1 is 0.970 bits per heavy atom. The third kappa shape index (κ3) is 7.71. The molecule has 4 atom stereocenters. The maximum Gasteiger partial charge on any atom is 0.410 e. The Morgan fingerprint density at radius 3 is 2.21 bits per heavy atom. The number of hydrogen-bond donors (Lipinski definition) is 0. The molecule has 1 saturated carbocycles. The molecular formula is C26H49NO5Si. The predicted octanol–water partition coefficient (Wildman–Crippen LogP) is 6.54. The van der Waals surface area contributed by atoms with Crippen molar-refractivity contribution in [2.24, 2.45) is 11.8 Å². The molecular weight excluding hydrogens is 434 g/mol. The summed E-state index contributed by atoms with van der Waals surface area (Å²) < 4.78 is 17.2. The quantitative estimate of drug-likeness (QED) is 0.304. The van der Waals surface area contributed by atoms with E-state index < -0.39 is 13.9 Å². The summed E-state index contributed by atoms with van der Waals surface area (Å²) in [6.07, 6.45) is 7.14. The molecule has 0 unspecified atom stereocenters. The third-order valence-corrected chi connectivity index (χ3v) is 12.6. The van der Waals surface area contributed by atoms with E-state index in [4.69, 9.17) is 13.9 Å². The van der Waals surface area contributed by atoms with Crippen molar-refractivity contribution in [2.75, 3.05) is 13.7 Å². The van der Waals surface area contributed by atoms with Crippen LogP contribution in [0.25, 0.3) is 0 Å². The summed E-state index contributed by atoms with van der Waals surface area (Å²) in [6.45, 7) is 18.0. The van der Waals surface area contributed by atoms with E-state index >= 15 is 0 Å². The molecule has 1 heterocycles. The Morgan fingerprint density at radius 2 is 1.64 bits per heavy atom. The SMILES string of the molecule is COC(=O)CC[C@@H]1CC[C@H]2[C@H](CCO[Si](C)(C)C(C)(C)C)CCC[C@H]2N1C(=O)OC(C)(C)C. The van der Waals surface area contributed by atoms with Crippen molar-refractivity contribution < 1.29 is 23.5 Å². The number of carbonyl (C=O) groups excluding carboxylic acids is 2. The lowest BCUT2D eigenvalue weighted by Gasteiger charge is -2.51. The molecule has 6 nitrogen and oxygen atoms in total. The second kappa shape index (κ2) is 11.1. The Kier molecular flexibility index (Phi) is 9.48. The van der Waals surface area contributed by atoms with Crippen molar-refractivity contribution in [3.63, 3.8) is 0 Å². The van der Waals surface area contributed by atoms with Crippen LogP contribution in [0.2, 0.25) is 18.1 Å². The Labute approximate surface area is 203 Å². The van der Waals surface area contributed by atoms with Gasteiger partial charge in [-0.2, -0.15) is 0 Å². The zero-order chi connectivity index (χ0) is 25.0. The fourth-order valence-electron chi connectivity index (χ4n) is 5.21. The van der Waals surface area contributed by atoms with Crippen molar-refractivity contribution in [1.82, 2.24) is 4.90 Å². The lowest BCUT2D eigenvalue weighted by atomic mass is 9.68. The van der Waals surface area contributed by atoms with Crippen molar-refractivity contribution >= 4 is 20.4 Å². The van der Waals surface area contributed by atoms with Gasteiger partial charge in [-0.15, -0.1) is 0 Å². The zero-order valence-corrected chi connectivity index (χ0v) is 23.7. The van der Waals surface area contributed by atoms with Crippen LogP contribution in [0.4, 0.5) is 4.79 Å². The number of methoxy groups -OCH3 is 1. The van der Waals surface area contributed by atoms with Crippen molar-refractivity contribution in [3.05, 3.63) is 0 Å². The molecule has 0 radical (unpaired) electrons. The molecule has 1 saturated heterocycles. The van der Waals surface area contributed by atoms with Gasteiger partial charge in [0.15, 0.2) is 8.32 Å². The molecule has 0 spiro atoms. The van der Waals surface area contributed by atoms with E-state index in [0.717, 1.165) is 38.7 Å². The monoisotopic (exact) mass is 483 g/mol. The van der Waals surface area contributed by atoms with Crippen LogP contribution >= 0.6 is 0 Å². The molecule has 0 aromatic rings. The van der Waals surface area contributed by atoms with Gasteiger partial charge < -0.3 is 18.8 Å². The fourth-order valence-corrected chi connectivity index (χ4v) is 6.27. The molecule has 1 aliphatic heterocycles. The van der Waals surface area contributed by atoms with Crippen molar-refractivity contribution in [3.8, 4) is 0 Å². The second-order valence-electron chi connectivity index (χ2n) is 12.6. The van der Waals surface area contributed by atoms with Gasteiger partial charge in [0, 0.05) is 25.1 Å². The van der Waals surface area contributed by atoms with Gasteiger partial charge in [-0.05, 0) is 89.3 Å². The van der Waals surface area contributed by atoms with E-state index in [1.54, 1.807) is 0 Å². The van der Waals surface area contributed by atoms with Crippen LogP contribution in [0.15, 0.2) is 0 Å². The first-order valence-electron chi connectivity index (χ1n) is 12.9. The van der Waals surface area contributed by atoms with E-state index in [1.165, 1.54) is 13.5 Å². The van der Waals surface area contributed by atoms with Crippen LogP contribution in [0.3, 0.4) is 0 Å². The number of likely N-dealkylation sites (tertiary alicyclic amines) is 1. The number of esters is 1. The minimum absolute atomic E-state index is 0.0300. The lowest BCUT2D eigenvalue weighted by molar-refractivity contribution is -0.141. The first kappa shape index (κ1) is 28.2. The maximum atomic E-state index is 13.3. The highest BCUT2D eigenvalue weighted by atomic mass is 28.4. The smallest absolute Gasteiger partial charge is 0.410 e. The van der Waals surface area contributed by atoms with E-state index in [2.05, 4.69) is 33.9 Å². The molecule has 0 aromatic carbocycles. The lowest BCUT2D eigenvalue weighted by Crippen LogP contribution is -2.57. The summed E-state index contributed by atoms with van der Waals surface area (Å²) in [5.74, 6) is 0.828. The molecule has 0 aromatic heterocycles. The Balaban J connectivity index is 2.12. The van der Waals surface area contributed by atoms with Crippen molar-refractivity contribution in [2.45, 2.75) is 129 Å². The molecule has 33 heavy (non-hydrogen) atoms. The molecule has 7 heteroatoms. The molecule has 2 aliphatic rings. The molecule has 0 N–H and O–H groups in total. The van der Waals surface area contributed by atoms with E-state index in [1.807, 2.05) is 25.7 Å². The van der Waals surface area contributed by atoms with Crippen LogP contribution in [0.5, 0.6) is 0 Å². The topological polar surface area (TPSA) is 65.1 Å². The van der Waals surface area contributed by atoms with Crippen LogP contribution < -0.4 is 0 Å². The normalized spacial score (nSPS) is 26.5. The van der Waals surface area contributed by atoms with E-state index in [-0.39, 0.29) is 29.2 Å². The van der Waals surface area contributed by atoms with E-state index in [0.29, 0.717) is 24.7 Å². The summed E-state index contributed by atoms with van der Waals surface area (Å²) in [7, 11) is -0.337. The van der Waals surface area contributed by atoms with Gasteiger partial charge in [-0.1, -0.05) is 27.2 Å². The number of carbonyl (C=O) groups is 2. The van der Waals surface area contributed by atoms with E-state index in [9.17, 15) is 9.59 Å². The largest absolute Gasteiger partial charge is 0.469 e. The number of nitrogens with zero attached hydrogens (tertiary/aromatic N) is 1. The molecule has 192 valence electrons. The van der Waals surface area contributed by atoms with Gasteiger partial charge in [-0.25, -0.2) is 4.79 Å². The van der Waals surface area contributed by atoms with Crippen LogP contribution in [0, 0.1) is 11.8 Å². The number of hydrogen-bond acceptors (Lipinski definition) is 5. The minimum atomic E-state index is -1.76. The number of amides is 1. The summed E-state index contributed by atoms with van der Waals surface area (Å²) >= 11 is 0. The molecule has 2 rings (SSSR count). The van der Waals surface area contributed by atoms with Gasteiger partial charge in [-0.3, -0.25) is 4.79 Å². The standard InChI is InChI=1S/C26H49NO5Si/c1-25(2,3)32-24(29)27-20(14-16-23(28)30-7)13-15-21-19(11-10-12-22(21)27)17-18-31-33(8,9)26(4,5)6/h19-22H,10-18H2,1-9H3/t19-,20-,21-,22+/m0/s1. The summed E-state index contributed by atoms with van der Waals surface area (Å²) in [4.78, 5) is 27.1. The summed E-state index contributed by atoms with van der Waals surface area (Å²) in [5, 5.41) is 0.216. The van der Waals surface area contributed by atoms with Gasteiger partial charge in [0.1, 0.15) is 5.60 Å². The van der Waals surface area contributed by atoms with Crippen molar-refractivity contribution in [1.29, 1.82) is 0 Å². The highest BCUT2D eigenvalue weighted by Gasteiger charge is 2.46. The first-order chi connectivity index (χ1) is 15.2. The van der Waals surface area contributed by atoms with Gasteiger partial charge in [0.2, 0.25) is 0 Å². The Hall–Kier alpha value is -1.08. The molecule has 0 bridgehead atoms. The number of fused-ring (bicyclic) bond motifs is 1. The number of rotatable bonds is 7. The Bertz CT molecular complexity index is 667. The average Bonchev–Trinajstić information content (AvgIpc) is 2.69. The highest BCUT2D eigenvalue weighted by molar-refractivity contribution is 6.74. The van der Waals surface area contributed by atoms with Crippen LogP contribution in [-0.2, 0) is 18.7 Å². The van der Waals surface area contributed by atoms with Gasteiger partial charge >= 0.3 is 12.1 Å². The second-order valence-corrected chi connectivity index (χ2v) is 17.4. The van der Waals surface area contributed by atoms with Crippen LogP contribution in [0.1, 0.15) is 92.9 Å². The summed E-state index contributed by atoms with van der Waals surface area (Å²) in [6, 6.07) is 0.213. The predicted molar refractivity (Wildman–Crippen MR) is 135 cm³/mol. The zero-order valence-electron chi connectivity index (χ0n) is 22.7. The maximum absolute atomic E-state index is 13.3. The highest BCUT2D eigenvalue weighted by Crippen LogP contribution is 2.44. The molecule has 2 fully saturated rings. The number of ether oxygens (including phenoxy) is 2. The third-order valence-electron chi connectivity index (χ3n) is 8.03. The summed E-state index contributed by atoms with van der Waals surface area (Å²) in [5.41, 5.74) is -0.540. The first-order valence-corrected chi connectivity index (χ1v) is 15.8. The number of piperidine rings is 1. The minimum Gasteiger partial charge on any atom is -0.469 e. The molecule has 1 aliphatic carbocycles. The molecule has 1 amide bonds. The van der Waals surface area contributed by atoms with Gasteiger partial charge in [0.05, 0.1) is 7.11 Å². The average molecular weight is 484 g/mol. The fraction of sp³-hybridized carbons (Fsp3) is 0.923. The van der Waals surface area contributed by atoms with Gasteiger partial charge in [0.25, 0.3) is 0 Å². The van der Waals surface area contributed by atoms with Crippen LogP contribution in [-0.4, -0.2) is 56.7 Å².